The third kappa shape index (κ3) is 4.02. The lowest BCUT2D eigenvalue weighted by Crippen LogP contribution is -2.47. The van der Waals surface area contributed by atoms with E-state index in [0.717, 1.165) is 44.2 Å². The van der Waals surface area contributed by atoms with Crippen LogP contribution < -0.4 is 4.90 Å². The van der Waals surface area contributed by atoms with E-state index in [2.05, 4.69) is 58.9 Å². The van der Waals surface area contributed by atoms with Gasteiger partial charge in [-0.2, -0.15) is 0 Å². The number of amides is 1. The summed E-state index contributed by atoms with van der Waals surface area (Å²) in [6.45, 7) is 10.0. The lowest BCUT2D eigenvalue weighted by Gasteiger charge is -2.32. The van der Waals surface area contributed by atoms with E-state index in [-0.39, 0.29) is 5.91 Å². The van der Waals surface area contributed by atoms with E-state index in [1.54, 1.807) is 0 Å². The second-order valence-electron chi connectivity index (χ2n) is 6.84. The molecule has 0 unspecified atom stereocenters. The molecule has 0 atom stereocenters. The number of aryl methyl sites for hydroxylation is 2. The summed E-state index contributed by atoms with van der Waals surface area (Å²) in [5, 5.41) is 0. The van der Waals surface area contributed by atoms with Crippen molar-refractivity contribution < 1.29 is 4.79 Å². The van der Waals surface area contributed by atoms with Gasteiger partial charge in [0.2, 0.25) is 0 Å². The zero-order valence-corrected chi connectivity index (χ0v) is 16.1. The molecule has 0 saturated carbocycles. The molecule has 1 fully saturated rings. The zero-order chi connectivity index (χ0) is 18.7. The van der Waals surface area contributed by atoms with Crippen molar-refractivity contribution in [2.75, 3.05) is 44.7 Å². The first-order chi connectivity index (χ1) is 12.5. The molecule has 2 heterocycles. The summed E-state index contributed by atoms with van der Waals surface area (Å²) >= 11 is 0. The molecule has 0 spiro atoms. The smallest absolute Gasteiger partial charge is 0.272 e. The van der Waals surface area contributed by atoms with Crippen molar-refractivity contribution in [2.24, 2.45) is 0 Å². The van der Waals surface area contributed by atoms with Crippen molar-refractivity contribution in [3.8, 4) is 0 Å². The number of likely N-dealkylation sites (N-methyl/N-ethyl adjacent to an activating group) is 1. The second-order valence-corrected chi connectivity index (χ2v) is 6.84. The van der Waals surface area contributed by atoms with Crippen LogP contribution in [0.1, 0.15) is 28.8 Å². The Morgan fingerprint density at radius 3 is 2.50 bits per heavy atom. The number of piperazine rings is 1. The first-order valence-corrected chi connectivity index (χ1v) is 9.15. The fourth-order valence-corrected chi connectivity index (χ4v) is 3.24. The van der Waals surface area contributed by atoms with Crippen molar-refractivity contribution >= 4 is 17.4 Å². The number of anilines is 2. The molecule has 6 heteroatoms. The molecule has 0 bridgehead atoms. The minimum absolute atomic E-state index is 0.00912. The van der Waals surface area contributed by atoms with E-state index in [9.17, 15) is 4.79 Å². The molecular formula is C20H27N5O. The Labute approximate surface area is 155 Å². The molecular weight excluding hydrogens is 326 g/mol. The van der Waals surface area contributed by atoms with Gasteiger partial charge < -0.3 is 14.7 Å². The number of carbonyl (C=O) groups excluding carboxylic acids is 1. The average Bonchev–Trinajstić information content (AvgIpc) is 2.62. The normalized spacial score (nSPS) is 15.2. The monoisotopic (exact) mass is 353 g/mol. The number of rotatable bonds is 4. The van der Waals surface area contributed by atoms with Crippen LogP contribution in [-0.2, 0) is 0 Å². The van der Waals surface area contributed by atoms with Gasteiger partial charge in [0.1, 0.15) is 17.3 Å². The number of aromatic nitrogens is 2. The van der Waals surface area contributed by atoms with E-state index in [4.69, 9.17) is 0 Å². The van der Waals surface area contributed by atoms with Crippen LogP contribution in [0.4, 0.5) is 11.5 Å². The predicted molar refractivity (Wildman–Crippen MR) is 104 cm³/mol. The van der Waals surface area contributed by atoms with Crippen LogP contribution in [-0.4, -0.2) is 65.4 Å². The van der Waals surface area contributed by atoms with Crippen LogP contribution in [0.15, 0.2) is 30.3 Å². The Hall–Kier alpha value is -2.47. The summed E-state index contributed by atoms with van der Waals surface area (Å²) in [6.07, 6.45) is 0. The van der Waals surface area contributed by atoms with Crippen LogP contribution in [0.2, 0.25) is 0 Å². The molecule has 1 amide bonds. The average molecular weight is 353 g/mol. The van der Waals surface area contributed by atoms with Gasteiger partial charge in [0.05, 0.1) is 0 Å². The maximum absolute atomic E-state index is 12.9. The standard InChI is InChI=1S/C20H27N5O/c1-5-25(17-8-6-7-15(2)13-17)19-14-18(21-16(3)22-19)20(26)24-11-9-23(4)10-12-24/h6-8,13-14H,5,9-12H2,1-4H3. The molecule has 0 aliphatic carbocycles. The maximum atomic E-state index is 12.9. The van der Waals surface area contributed by atoms with Crippen molar-refractivity contribution in [1.29, 1.82) is 0 Å². The highest BCUT2D eigenvalue weighted by Gasteiger charge is 2.23. The minimum atomic E-state index is -0.00912. The van der Waals surface area contributed by atoms with Gasteiger partial charge in [-0.1, -0.05) is 12.1 Å². The third-order valence-electron chi connectivity index (χ3n) is 4.74. The van der Waals surface area contributed by atoms with Gasteiger partial charge in [0.25, 0.3) is 5.91 Å². The Kier molecular flexibility index (Phi) is 5.52. The summed E-state index contributed by atoms with van der Waals surface area (Å²) in [6, 6.07) is 10.1. The summed E-state index contributed by atoms with van der Waals surface area (Å²) in [7, 11) is 2.08. The van der Waals surface area contributed by atoms with Crippen molar-refractivity contribution in [3.05, 3.63) is 47.4 Å². The number of hydrogen-bond donors (Lipinski definition) is 0. The van der Waals surface area contributed by atoms with Crippen LogP contribution in [0.5, 0.6) is 0 Å². The second kappa shape index (κ2) is 7.83. The predicted octanol–water partition coefficient (Wildman–Crippen LogP) is 2.64. The minimum Gasteiger partial charge on any atom is -0.335 e. The largest absolute Gasteiger partial charge is 0.335 e. The Morgan fingerprint density at radius 2 is 1.85 bits per heavy atom. The molecule has 1 aliphatic heterocycles. The van der Waals surface area contributed by atoms with Crippen molar-refractivity contribution in [1.82, 2.24) is 19.8 Å². The molecule has 1 aromatic carbocycles. The highest BCUT2D eigenvalue weighted by atomic mass is 16.2. The van der Waals surface area contributed by atoms with E-state index in [0.29, 0.717) is 11.5 Å². The lowest BCUT2D eigenvalue weighted by molar-refractivity contribution is 0.0658. The molecule has 1 aliphatic rings. The van der Waals surface area contributed by atoms with Crippen LogP contribution in [0.3, 0.4) is 0 Å². The molecule has 3 rings (SSSR count). The van der Waals surface area contributed by atoms with Crippen LogP contribution >= 0.6 is 0 Å². The zero-order valence-electron chi connectivity index (χ0n) is 16.1. The summed E-state index contributed by atoms with van der Waals surface area (Å²) in [4.78, 5) is 28.1. The first-order valence-electron chi connectivity index (χ1n) is 9.15. The Balaban J connectivity index is 1.90. The van der Waals surface area contributed by atoms with E-state index in [1.807, 2.05) is 24.0 Å². The topological polar surface area (TPSA) is 52.6 Å². The Morgan fingerprint density at radius 1 is 1.12 bits per heavy atom. The van der Waals surface area contributed by atoms with Gasteiger partial charge in [0, 0.05) is 44.5 Å². The number of hydrogen-bond acceptors (Lipinski definition) is 5. The highest BCUT2D eigenvalue weighted by Crippen LogP contribution is 2.25. The van der Waals surface area contributed by atoms with Gasteiger partial charge in [-0.05, 0) is 45.5 Å². The lowest BCUT2D eigenvalue weighted by atomic mass is 10.2. The quantitative estimate of drug-likeness (QED) is 0.846. The SMILES string of the molecule is CCN(c1cccc(C)c1)c1cc(C(=O)N2CCN(C)CC2)nc(C)n1. The van der Waals surface area contributed by atoms with Crippen molar-refractivity contribution in [2.45, 2.75) is 20.8 Å². The van der Waals surface area contributed by atoms with Gasteiger partial charge in [0.15, 0.2) is 0 Å². The van der Waals surface area contributed by atoms with E-state index < -0.39 is 0 Å². The van der Waals surface area contributed by atoms with Gasteiger partial charge in [-0.15, -0.1) is 0 Å². The molecule has 138 valence electrons. The Bertz CT molecular complexity index is 784. The van der Waals surface area contributed by atoms with E-state index in [1.165, 1.54) is 5.56 Å². The molecule has 0 radical (unpaired) electrons. The number of nitrogens with zero attached hydrogens (tertiary/aromatic N) is 5. The first kappa shape index (κ1) is 18.3. The van der Waals surface area contributed by atoms with Crippen LogP contribution in [0, 0.1) is 13.8 Å². The maximum Gasteiger partial charge on any atom is 0.272 e. The van der Waals surface area contributed by atoms with Gasteiger partial charge >= 0.3 is 0 Å². The van der Waals surface area contributed by atoms with Gasteiger partial charge in [-0.25, -0.2) is 9.97 Å². The van der Waals surface area contributed by atoms with E-state index >= 15 is 0 Å². The molecule has 26 heavy (non-hydrogen) atoms. The molecule has 1 aromatic heterocycles. The summed E-state index contributed by atoms with van der Waals surface area (Å²) in [5.41, 5.74) is 2.74. The molecule has 2 aromatic rings. The summed E-state index contributed by atoms with van der Waals surface area (Å²) in [5.74, 6) is 1.37. The molecule has 0 N–H and O–H groups in total. The third-order valence-corrected chi connectivity index (χ3v) is 4.74. The van der Waals surface area contributed by atoms with Gasteiger partial charge in [-0.3, -0.25) is 4.79 Å². The van der Waals surface area contributed by atoms with Crippen LogP contribution in [0.25, 0.3) is 0 Å². The molecule has 6 nitrogen and oxygen atoms in total. The highest BCUT2D eigenvalue weighted by molar-refractivity contribution is 5.93. The fraction of sp³-hybridized carbons (Fsp3) is 0.450. The van der Waals surface area contributed by atoms with Crippen molar-refractivity contribution in [3.63, 3.8) is 0 Å². The number of benzene rings is 1. The summed E-state index contributed by atoms with van der Waals surface area (Å²) < 4.78 is 0. The fourth-order valence-electron chi connectivity index (χ4n) is 3.24. The number of carbonyl (C=O) groups is 1. The molecule has 1 saturated heterocycles.